The molecule has 5 nitrogen and oxygen atoms in total. The van der Waals surface area contributed by atoms with Crippen molar-refractivity contribution in [1.82, 2.24) is 15.4 Å². The highest BCUT2D eigenvalue weighted by Crippen LogP contribution is 2.25. The number of hydrogen-bond acceptors (Lipinski definition) is 5. The number of benzene rings is 1. The fourth-order valence-electron chi connectivity index (χ4n) is 2.48. The summed E-state index contributed by atoms with van der Waals surface area (Å²) >= 11 is 7.49. The number of rotatable bonds is 6. The number of halogens is 1. The average Bonchev–Trinajstić information content (AvgIpc) is 3.27. The molecule has 0 aliphatic heterocycles. The summed E-state index contributed by atoms with van der Waals surface area (Å²) in [5.74, 6) is 0.342. The third-order valence-corrected chi connectivity index (χ3v) is 4.98. The van der Waals surface area contributed by atoms with Gasteiger partial charge in [0, 0.05) is 17.6 Å². The summed E-state index contributed by atoms with van der Waals surface area (Å²) in [6.07, 6.45) is 0. The molecule has 130 valence electrons. The molecule has 0 bridgehead atoms. The van der Waals surface area contributed by atoms with Crippen molar-refractivity contribution in [2.45, 2.75) is 6.04 Å². The van der Waals surface area contributed by atoms with Crippen molar-refractivity contribution in [3.63, 3.8) is 0 Å². The lowest BCUT2D eigenvalue weighted by Gasteiger charge is -2.25. The molecule has 1 amide bonds. The fourth-order valence-corrected chi connectivity index (χ4v) is 3.28. The Bertz CT molecular complexity index is 828. The number of aromatic nitrogens is 1. The third kappa shape index (κ3) is 4.28. The Morgan fingerprint density at radius 2 is 2.08 bits per heavy atom. The van der Waals surface area contributed by atoms with E-state index >= 15 is 0 Å². The monoisotopic (exact) mass is 375 g/mol. The first-order chi connectivity index (χ1) is 12.0. The highest BCUT2D eigenvalue weighted by molar-refractivity contribution is 7.13. The van der Waals surface area contributed by atoms with Crippen LogP contribution in [0, 0.1) is 0 Å². The summed E-state index contributed by atoms with van der Waals surface area (Å²) in [5.41, 5.74) is 1.35. The Balaban J connectivity index is 1.66. The van der Waals surface area contributed by atoms with Gasteiger partial charge in [-0.1, -0.05) is 35.0 Å². The van der Waals surface area contributed by atoms with Crippen molar-refractivity contribution in [3.8, 4) is 10.6 Å². The first kappa shape index (κ1) is 17.7. The summed E-state index contributed by atoms with van der Waals surface area (Å²) in [6, 6.07) is 13.2. The number of amides is 1. The van der Waals surface area contributed by atoms with Crippen LogP contribution in [0.15, 0.2) is 52.4 Å². The molecule has 2 aromatic heterocycles. The minimum Gasteiger partial charge on any atom is -0.355 e. The lowest BCUT2D eigenvalue weighted by molar-refractivity contribution is 0.0933. The number of thiophene rings is 1. The number of nitrogens with zero attached hydrogens (tertiary/aromatic N) is 2. The minimum atomic E-state index is -0.257. The second kappa shape index (κ2) is 7.82. The van der Waals surface area contributed by atoms with Crippen molar-refractivity contribution in [2.24, 2.45) is 0 Å². The van der Waals surface area contributed by atoms with E-state index in [1.165, 1.54) is 11.3 Å². The van der Waals surface area contributed by atoms with E-state index in [1.807, 2.05) is 60.8 Å². The van der Waals surface area contributed by atoms with Gasteiger partial charge in [0.15, 0.2) is 11.5 Å². The molecule has 1 aromatic carbocycles. The molecule has 0 aliphatic rings. The standard InChI is InChI=1S/C18H18ClN3O2S/c1-22(2)15(12-5-7-13(19)8-6-12)11-20-18(23)14-10-16(24-21-14)17-4-3-9-25-17/h3-10,15H,11H2,1-2H3,(H,20,23). The van der Waals surface area contributed by atoms with E-state index in [4.69, 9.17) is 16.1 Å². The zero-order valence-electron chi connectivity index (χ0n) is 13.9. The Hall–Kier alpha value is -2.15. The Morgan fingerprint density at radius 1 is 1.32 bits per heavy atom. The third-order valence-electron chi connectivity index (χ3n) is 3.84. The maximum Gasteiger partial charge on any atom is 0.273 e. The van der Waals surface area contributed by atoms with E-state index in [1.54, 1.807) is 6.07 Å². The van der Waals surface area contributed by atoms with Crippen molar-refractivity contribution in [2.75, 3.05) is 20.6 Å². The summed E-state index contributed by atoms with van der Waals surface area (Å²) in [6.45, 7) is 0.453. The molecule has 2 heterocycles. The topological polar surface area (TPSA) is 58.4 Å². The predicted molar refractivity (Wildman–Crippen MR) is 100 cm³/mol. The van der Waals surface area contributed by atoms with Crippen LogP contribution in [0.5, 0.6) is 0 Å². The normalized spacial score (nSPS) is 12.3. The van der Waals surface area contributed by atoms with Crippen molar-refractivity contribution >= 4 is 28.8 Å². The number of likely N-dealkylation sites (N-methyl/N-ethyl adjacent to an activating group) is 1. The molecule has 1 unspecified atom stereocenters. The van der Waals surface area contributed by atoms with E-state index in [2.05, 4.69) is 10.5 Å². The smallest absolute Gasteiger partial charge is 0.273 e. The first-order valence-electron chi connectivity index (χ1n) is 7.75. The van der Waals surface area contributed by atoms with Gasteiger partial charge in [-0.2, -0.15) is 0 Å². The van der Waals surface area contributed by atoms with Crippen molar-refractivity contribution in [1.29, 1.82) is 0 Å². The van der Waals surface area contributed by atoms with Crippen LogP contribution in [-0.4, -0.2) is 36.6 Å². The number of nitrogens with one attached hydrogen (secondary N) is 1. The van der Waals surface area contributed by atoms with Gasteiger partial charge in [-0.25, -0.2) is 0 Å². The molecule has 0 saturated heterocycles. The van der Waals surface area contributed by atoms with Gasteiger partial charge in [0.2, 0.25) is 0 Å². The number of carbonyl (C=O) groups is 1. The highest BCUT2D eigenvalue weighted by atomic mass is 35.5. The maximum absolute atomic E-state index is 12.4. The molecular weight excluding hydrogens is 358 g/mol. The number of hydrogen-bond donors (Lipinski definition) is 1. The fraction of sp³-hybridized carbons (Fsp3) is 0.222. The average molecular weight is 376 g/mol. The quantitative estimate of drug-likeness (QED) is 0.705. The molecule has 0 saturated carbocycles. The minimum absolute atomic E-state index is 0.0323. The summed E-state index contributed by atoms with van der Waals surface area (Å²) < 4.78 is 5.26. The summed E-state index contributed by atoms with van der Waals surface area (Å²) in [4.78, 5) is 15.4. The van der Waals surface area contributed by atoms with Gasteiger partial charge in [-0.3, -0.25) is 4.79 Å². The van der Waals surface area contributed by atoms with Crippen molar-refractivity contribution in [3.05, 3.63) is 64.1 Å². The van der Waals surface area contributed by atoms with Gasteiger partial charge in [-0.15, -0.1) is 11.3 Å². The highest BCUT2D eigenvalue weighted by Gasteiger charge is 2.18. The predicted octanol–water partition coefficient (Wildman–Crippen LogP) is 4.09. The molecular formula is C18H18ClN3O2S. The summed E-state index contributed by atoms with van der Waals surface area (Å²) in [7, 11) is 3.94. The Kier molecular flexibility index (Phi) is 5.53. The van der Waals surface area contributed by atoms with Crippen LogP contribution in [0.3, 0.4) is 0 Å². The van der Waals surface area contributed by atoms with Gasteiger partial charge < -0.3 is 14.7 Å². The van der Waals surface area contributed by atoms with E-state index in [0.29, 0.717) is 17.3 Å². The molecule has 0 spiro atoms. The van der Waals surface area contributed by atoms with Crippen LogP contribution in [0.2, 0.25) is 5.02 Å². The SMILES string of the molecule is CN(C)C(CNC(=O)c1cc(-c2cccs2)on1)c1ccc(Cl)cc1. The molecule has 3 rings (SSSR count). The lowest BCUT2D eigenvalue weighted by Crippen LogP contribution is -2.34. The van der Waals surface area contributed by atoms with Crippen LogP contribution in [0.4, 0.5) is 0 Å². The second-order valence-electron chi connectivity index (χ2n) is 5.79. The van der Waals surface area contributed by atoms with Crippen LogP contribution in [0.25, 0.3) is 10.6 Å². The van der Waals surface area contributed by atoms with Gasteiger partial charge >= 0.3 is 0 Å². The van der Waals surface area contributed by atoms with E-state index in [0.717, 1.165) is 10.4 Å². The maximum atomic E-state index is 12.4. The van der Waals surface area contributed by atoms with Gasteiger partial charge in [-0.05, 0) is 43.2 Å². The van der Waals surface area contributed by atoms with Crippen molar-refractivity contribution < 1.29 is 9.32 Å². The Labute approximate surface area is 155 Å². The molecule has 7 heteroatoms. The zero-order valence-corrected chi connectivity index (χ0v) is 15.5. The molecule has 0 radical (unpaired) electrons. The van der Waals surface area contributed by atoms with E-state index < -0.39 is 0 Å². The lowest BCUT2D eigenvalue weighted by atomic mass is 10.1. The molecule has 3 aromatic rings. The molecule has 1 N–H and O–H groups in total. The summed E-state index contributed by atoms with van der Waals surface area (Å²) in [5, 5.41) is 9.43. The van der Waals surface area contributed by atoms with Crippen LogP contribution in [-0.2, 0) is 0 Å². The first-order valence-corrected chi connectivity index (χ1v) is 9.01. The molecule has 1 atom stereocenters. The van der Waals surface area contributed by atoms with Gasteiger partial charge in [0.25, 0.3) is 5.91 Å². The molecule has 0 aliphatic carbocycles. The van der Waals surface area contributed by atoms with E-state index in [9.17, 15) is 4.79 Å². The number of carbonyl (C=O) groups excluding carboxylic acids is 1. The van der Waals surface area contributed by atoms with Gasteiger partial charge in [0.05, 0.1) is 10.9 Å². The zero-order chi connectivity index (χ0) is 17.8. The Morgan fingerprint density at radius 3 is 2.72 bits per heavy atom. The second-order valence-corrected chi connectivity index (χ2v) is 7.18. The molecule has 25 heavy (non-hydrogen) atoms. The van der Waals surface area contributed by atoms with Crippen LogP contribution in [0.1, 0.15) is 22.1 Å². The van der Waals surface area contributed by atoms with E-state index in [-0.39, 0.29) is 17.6 Å². The van der Waals surface area contributed by atoms with Gasteiger partial charge in [0.1, 0.15) is 0 Å². The molecule has 0 fully saturated rings. The van der Waals surface area contributed by atoms with Crippen LogP contribution < -0.4 is 5.32 Å². The van der Waals surface area contributed by atoms with Crippen LogP contribution >= 0.6 is 22.9 Å². The largest absolute Gasteiger partial charge is 0.355 e.